The van der Waals surface area contributed by atoms with Crippen LogP contribution in [-0.4, -0.2) is 37.3 Å². The highest BCUT2D eigenvalue weighted by atomic mass is 19.4. The van der Waals surface area contributed by atoms with Gasteiger partial charge >= 0.3 is 6.18 Å². The number of hydrogen-bond acceptors (Lipinski definition) is 2. The Hall–Kier alpha value is -1.23. The highest BCUT2D eigenvalue weighted by molar-refractivity contribution is 5.20. The van der Waals surface area contributed by atoms with Crippen molar-refractivity contribution < 1.29 is 17.9 Å². The molecule has 1 aromatic carbocycles. The Balaban J connectivity index is 1.41. The summed E-state index contributed by atoms with van der Waals surface area (Å²) in [6.07, 6.45) is -1.61. The number of halogens is 3. The van der Waals surface area contributed by atoms with Crippen LogP contribution < -0.4 is 4.74 Å². The van der Waals surface area contributed by atoms with E-state index in [2.05, 4.69) is 0 Å². The van der Waals surface area contributed by atoms with E-state index in [9.17, 15) is 13.2 Å². The molecule has 2 nitrogen and oxygen atoms in total. The molecule has 1 aliphatic carbocycles. The predicted octanol–water partition coefficient (Wildman–Crippen LogP) is 4.12. The molecule has 122 valence electrons. The zero-order valence-electron chi connectivity index (χ0n) is 12.6. The minimum atomic E-state index is -4.04. The van der Waals surface area contributed by atoms with Gasteiger partial charge in [0, 0.05) is 6.54 Å². The number of ether oxygens (including phenoxy) is 1. The fourth-order valence-electron chi connectivity index (χ4n) is 3.15. The molecule has 2 aliphatic rings. The number of piperidine rings is 1. The van der Waals surface area contributed by atoms with E-state index >= 15 is 0 Å². The number of nitrogens with zero attached hydrogens (tertiary/aromatic N) is 1. The van der Waals surface area contributed by atoms with Crippen LogP contribution >= 0.6 is 0 Å². The molecule has 0 aromatic heterocycles. The Morgan fingerprint density at radius 2 is 1.73 bits per heavy atom. The summed E-state index contributed by atoms with van der Waals surface area (Å²) in [6.45, 7) is 2.34. The summed E-state index contributed by atoms with van der Waals surface area (Å²) in [6, 6.07) is 9.67. The quantitative estimate of drug-likeness (QED) is 0.811. The topological polar surface area (TPSA) is 12.5 Å². The van der Waals surface area contributed by atoms with Crippen LogP contribution in [-0.2, 0) is 0 Å². The smallest absolute Gasteiger partial charge is 0.395 e. The molecular weight excluding hydrogens is 291 g/mol. The molecule has 0 spiro atoms. The summed E-state index contributed by atoms with van der Waals surface area (Å²) in [7, 11) is 0. The highest BCUT2D eigenvalue weighted by Gasteiger charge is 2.63. The Morgan fingerprint density at radius 3 is 2.27 bits per heavy atom. The average molecular weight is 313 g/mol. The van der Waals surface area contributed by atoms with E-state index in [-0.39, 0.29) is 6.54 Å². The molecule has 2 fully saturated rings. The SMILES string of the molecule is FC(F)(F)C1(CN2CCC(COc3ccccc3)CC2)CC1. The minimum Gasteiger partial charge on any atom is -0.493 e. The van der Waals surface area contributed by atoms with E-state index in [0.29, 0.717) is 25.4 Å². The lowest BCUT2D eigenvalue weighted by molar-refractivity contribution is -0.192. The number of alkyl halides is 3. The number of likely N-dealkylation sites (tertiary alicyclic amines) is 1. The van der Waals surface area contributed by atoms with Crippen molar-refractivity contribution >= 4 is 0 Å². The summed E-state index contributed by atoms with van der Waals surface area (Å²) >= 11 is 0. The average Bonchev–Trinajstić information content (AvgIpc) is 3.28. The molecule has 5 heteroatoms. The van der Waals surface area contributed by atoms with Crippen molar-refractivity contribution in [2.75, 3.05) is 26.2 Å². The number of hydrogen-bond donors (Lipinski definition) is 0. The first-order valence-corrected chi connectivity index (χ1v) is 7.95. The first-order valence-electron chi connectivity index (χ1n) is 7.95. The van der Waals surface area contributed by atoms with Crippen LogP contribution in [0.4, 0.5) is 13.2 Å². The van der Waals surface area contributed by atoms with E-state index in [1.54, 1.807) is 0 Å². The van der Waals surface area contributed by atoms with Gasteiger partial charge in [0.15, 0.2) is 0 Å². The van der Waals surface area contributed by atoms with Gasteiger partial charge in [-0.2, -0.15) is 13.2 Å². The largest absolute Gasteiger partial charge is 0.493 e. The van der Waals surface area contributed by atoms with Crippen molar-refractivity contribution in [2.45, 2.75) is 31.9 Å². The predicted molar refractivity (Wildman–Crippen MR) is 78.8 cm³/mol. The van der Waals surface area contributed by atoms with Crippen LogP contribution in [0.25, 0.3) is 0 Å². The molecule has 0 radical (unpaired) electrons. The van der Waals surface area contributed by atoms with Gasteiger partial charge in [0.1, 0.15) is 5.75 Å². The molecule has 22 heavy (non-hydrogen) atoms. The van der Waals surface area contributed by atoms with Crippen LogP contribution in [0.5, 0.6) is 5.75 Å². The summed E-state index contributed by atoms with van der Waals surface area (Å²) < 4.78 is 44.7. The van der Waals surface area contributed by atoms with Crippen molar-refractivity contribution in [3.63, 3.8) is 0 Å². The zero-order chi connectivity index (χ0) is 15.6. The van der Waals surface area contributed by atoms with E-state index in [0.717, 1.165) is 31.7 Å². The lowest BCUT2D eigenvalue weighted by Crippen LogP contribution is -2.43. The molecule has 0 atom stereocenters. The standard InChI is InChI=1S/C17H22F3NO/c18-17(19,20)16(8-9-16)13-21-10-6-14(7-11-21)12-22-15-4-2-1-3-5-15/h1-5,14H,6-13H2. The third kappa shape index (κ3) is 3.57. The Kier molecular flexibility index (Phi) is 4.35. The summed E-state index contributed by atoms with van der Waals surface area (Å²) in [4.78, 5) is 1.99. The molecule has 0 amide bonds. The zero-order valence-corrected chi connectivity index (χ0v) is 12.6. The second kappa shape index (κ2) is 6.11. The van der Waals surface area contributed by atoms with Gasteiger partial charge in [0.05, 0.1) is 12.0 Å². The molecule has 3 rings (SSSR count). The maximum absolute atomic E-state index is 13.0. The molecule has 1 heterocycles. The second-order valence-electron chi connectivity index (χ2n) is 6.62. The summed E-state index contributed by atoms with van der Waals surface area (Å²) in [5.41, 5.74) is -1.40. The second-order valence-corrected chi connectivity index (χ2v) is 6.62. The van der Waals surface area contributed by atoms with E-state index in [1.807, 2.05) is 35.2 Å². The summed E-state index contributed by atoms with van der Waals surface area (Å²) in [5.74, 6) is 1.30. The molecule has 1 aliphatic heterocycles. The van der Waals surface area contributed by atoms with Crippen LogP contribution in [0.3, 0.4) is 0 Å². The lowest BCUT2D eigenvalue weighted by Gasteiger charge is -2.34. The van der Waals surface area contributed by atoms with Gasteiger partial charge < -0.3 is 9.64 Å². The third-order valence-corrected chi connectivity index (χ3v) is 4.92. The van der Waals surface area contributed by atoms with Crippen molar-refractivity contribution in [3.8, 4) is 5.75 Å². The van der Waals surface area contributed by atoms with E-state index in [4.69, 9.17) is 4.74 Å². The number of para-hydroxylation sites is 1. The number of rotatable bonds is 5. The van der Waals surface area contributed by atoms with Crippen LogP contribution in [0.1, 0.15) is 25.7 Å². The van der Waals surface area contributed by atoms with Gasteiger partial charge in [-0.3, -0.25) is 0 Å². The van der Waals surface area contributed by atoms with Gasteiger partial charge in [0.2, 0.25) is 0 Å². The fraction of sp³-hybridized carbons (Fsp3) is 0.647. The molecule has 0 unspecified atom stereocenters. The molecule has 1 saturated heterocycles. The van der Waals surface area contributed by atoms with Crippen molar-refractivity contribution in [1.82, 2.24) is 4.90 Å². The molecular formula is C17H22F3NO. The van der Waals surface area contributed by atoms with Crippen molar-refractivity contribution in [3.05, 3.63) is 30.3 Å². The van der Waals surface area contributed by atoms with Crippen molar-refractivity contribution in [2.24, 2.45) is 11.3 Å². The maximum atomic E-state index is 13.0. The van der Waals surface area contributed by atoms with E-state index < -0.39 is 11.6 Å². The molecule has 1 aromatic rings. The van der Waals surface area contributed by atoms with Gasteiger partial charge in [-0.1, -0.05) is 18.2 Å². The summed E-state index contributed by atoms with van der Waals surface area (Å²) in [5, 5.41) is 0. The Labute approximate surface area is 129 Å². The molecule has 0 bridgehead atoms. The van der Waals surface area contributed by atoms with E-state index in [1.165, 1.54) is 0 Å². The third-order valence-electron chi connectivity index (χ3n) is 4.92. The Morgan fingerprint density at radius 1 is 1.09 bits per heavy atom. The molecule has 0 N–H and O–H groups in total. The monoisotopic (exact) mass is 313 g/mol. The molecule has 1 saturated carbocycles. The highest BCUT2D eigenvalue weighted by Crippen LogP contribution is 2.58. The number of benzene rings is 1. The van der Waals surface area contributed by atoms with Gasteiger partial charge in [-0.25, -0.2) is 0 Å². The Bertz CT molecular complexity index is 476. The maximum Gasteiger partial charge on any atom is 0.395 e. The minimum absolute atomic E-state index is 0.183. The van der Waals surface area contributed by atoms with Crippen LogP contribution in [0.15, 0.2) is 30.3 Å². The van der Waals surface area contributed by atoms with Gasteiger partial charge in [0.25, 0.3) is 0 Å². The first kappa shape index (κ1) is 15.7. The van der Waals surface area contributed by atoms with Crippen LogP contribution in [0, 0.1) is 11.3 Å². The van der Waals surface area contributed by atoms with Crippen LogP contribution in [0.2, 0.25) is 0 Å². The lowest BCUT2D eigenvalue weighted by atomic mass is 9.96. The van der Waals surface area contributed by atoms with Gasteiger partial charge in [-0.05, 0) is 56.8 Å². The van der Waals surface area contributed by atoms with Gasteiger partial charge in [-0.15, -0.1) is 0 Å². The normalized spacial score (nSPS) is 22.5. The van der Waals surface area contributed by atoms with Crippen molar-refractivity contribution in [1.29, 1.82) is 0 Å². The first-order chi connectivity index (χ1) is 10.5. The fourth-order valence-corrected chi connectivity index (χ4v) is 3.15.